The Labute approximate surface area is 77.5 Å². The van der Waals surface area contributed by atoms with E-state index in [0.717, 1.165) is 0 Å². The van der Waals surface area contributed by atoms with Crippen molar-refractivity contribution in [3.05, 3.63) is 29.6 Å². The van der Waals surface area contributed by atoms with Crippen molar-refractivity contribution in [1.29, 1.82) is 0 Å². The van der Waals surface area contributed by atoms with E-state index < -0.39 is 0 Å². The topological polar surface area (TPSA) is 35.2 Å². The van der Waals surface area contributed by atoms with Gasteiger partial charge in [-0.25, -0.2) is 4.39 Å². The second kappa shape index (κ2) is 4.23. The van der Waals surface area contributed by atoms with E-state index in [9.17, 15) is 4.39 Å². The normalized spacial score (nSPS) is 10.8. The summed E-state index contributed by atoms with van der Waals surface area (Å²) in [5.74, 6) is -0.305. The highest BCUT2D eigenvalue weighted by molar-refractivity contribution is 5.46. The fraction of sp³-hybridized carbons (Fsp3) is 0.400. The fourth-order valence-corrected chi connectivity index (χ4v) is 0.978. The molecule has 0 heterocycles. The minimum Gasteiger partial charge on any atom is -0.398 e. The van der Waals surface area contributed by atoms with Crippen molar-refractivity contribution in [1.82, 2.24) is 0 Å². The summed E-state index contributed by atoms with van der Waals surface area (Å²) in [5.41, 5.74) is 6.47. The summed E-state index contributed by atoms with van der Waals surface area (Å²) < 4.78 is 18.4. The Bertz CT molecular complexity index is 266. The number of anilines is 1. The van der Waals surface area contributed by atoms with E-state index in [1.807, 2.05) is 13.8 Å². The van der Waals surface area contributed by atoms with Crippen molar-refractivity contribution in [3.8, 4) is 0 Å². The predicted molar refractivity (Wildman–Crippen MR) is 50.7 cm³/mol. The van der Waals surface area contributed by atoms with E-state index in [1.165, 1.54) is 6.07 Å². The summed E-state index contributed by atoms with van der Waals surface area (Å²) in [6.45, 7) is 4.03. The summed E-state index contributed by atoms with van der Waals surface area (Å²) in [5, 5.41) is 0. The van der Waals surface area contributed by atoms with Crippen molar-refractivity contribution in [3.63, 3.8) is 0 Å². The van der Waals surface area contributed by atoms with Gasteiger partial charge in [-0.3, -0.25) is 0 Å². The summed E-state index contributed by atoms with van der Waals surface area (Å²) in [7, 11) is 0. The number of halogens is 1. The zero-order chi connectivity index (χ0) is 9.84. The van der Waals surface area contributed by atoms with Crippen LogP contribution in [0.1, 0.15) is 19.4 Å². The smallest absolute Gasteiger partial charge is 0.130 e. The number of nitrogens with two attached hydrogens (primary N) is 1. The molecule has 0 unspecified atom stereocenters. The molecule has 2 N–H and O–H groups in total. The number of nitrogen functional groups attached to an aromatic ring is 1. The summed E-state index contributed by atoms with van der Waals surface area (Å²) in [6.07, 6.45) is 0.0824. The van der Waals surface area contributed by atoms with Gasteiger partial charge in [0.2, 0.25) is 0 Å². The van der Waals surface area contributed by atoms with Gasteiger partial charge < -0.3 is 10.5 Å². The maximum absolute atomic E-state index is 13.1. The average molecular weight is 183 g/mol. The molecule has 0 aliphatic rings. The quantitative estimate of drug-likeness (QED) is 0.730. The van der Waals surface area contributed by atoms with Crippen LogP contribution in [0, 0.1) is 5.82 Å². The van der Waals surface area contributed by atoms with Crippen molar-refractivity contribution in [2.24, 2.45) is 0 Å². The van der Waals surface area contributed by atoms with Crippen LogP contribution in [-0.4, -0.2) is 6.10 Å². The lowest BCUT2D eigenvalue weighted by Gasteiger charge is -2.10. The third kappa shape index (κ3) is 2.70. The first-order valence-electron chi connectivity index (χ1n) is 4.25. The summed E-state index contributed by atoms with van der Waals surface area (Å²) in [4.78, 5) is 0. The standard InChI is InChI=1S/C10H14FNO/c1-7(2)13-6-8-9(11)4-3-5-10(8)12/h3-5,7H,6,12H2,1-2H3. The van der Waals surface area contributed by atoms with Gasteiger partial charge in [-0.2, -0.15) is 0 Å². The van der Waals surface area contributed by atoms with Gasteiger partial charge in [0.25, 0.3) is 0 Å². The lowest BCUT2D eigenvalue weighted by Crippen LogP contribution is -2.06. The van der Waals surface area contributed by atoms with Crippen LogP contribution in [0.4, 0.5) is 10.1 Å². The van der Waals surface area contributed by atoms with Gasteiger partial charge in [-0.1, -0.05) is 6.07 Å². The molecule has 0 amide bonds. The molecule has 0 saturated heterocycles. The van der Waals surface area contributed by atoms with Crippen molar-refractivity contribution >= 4 is 5.69 Å². The molecule has 1 rings (SSSR count). The molecular weight excluding hydrogens is 169 g/mol. The van der Waals surface area contributed by atoms with Gasteiger partial charge in [0.1, 0.15) is 5.82 Å². The number of hydrogen-bond donors (Lipinski definition) is 1. The van der Waals surface area contributed by atoms with Crippen LogP contribution in [0.3, 0.4) is 0 Å². The minimum atomic E-state index is -0.305. The minimum absolute atomic E-state index is 0.0824. The Morgan fingerprint density at radius 2 is 2.15 bits per heavy atom. The molecule has 72 valence electrons. The van der Waals surface area contributed by atoms with E-state index >= 15 is 0 Å². The van der Waals surface area contributed by atoms with Gasteiger partial charge in [0.15, 0.2) is 0 Å². The maximum Gasteiger partial charge on any atom is 0.130 e. The predicted octanol–water partition coefficient (Wildman–Crippen LogP) is 2.33. The van der Waals surface area contributed by atoms with E-state index in [2.05, 4.69) is 0 Å². The van der Waals surface area contributed by atoms with Crippen molar-refractivity contribution in [2.45, 2.75) is 26.6 Å². The van der Waals surface area contributed by atoms with Crippen LogP contribution in [0.5, 0.6) is 0 Å². The fourth-order valence-electron chi connectivity index (χ4n) is 0.978. The Morgan fingerprint density at radius 1 is 1.46 bits per heavy atom. The molecule has 3 heteroatoms. The lowest BCUT2D eigenvalue weighted by atomic mass is 10.2. The second-order valence-electron chi connectivity index (χ2n) is 3.17. The van der Waals surface area contributed by atoms with E-state index in [0.29, 0.717) is 11.3 Å². The van der Waals surface area contributed by atoms with Crippen LogP contribution in [0.25, 0.3) is 0 Å². The average Bonchev–Trinajstić information content (AvgIpc) is 2.03. The number of ether oxygens (including phenoxy) is 1. The Hall–Kier alpha value is -1.09. The first kappa shape index (κ1) is 9.99. The Kier molecular flexibility index (Phi) is 3.25. The highest BCUT2D eigenvalue weighted by atomic mass is 19.1. The van der Waals surface area contributed by atoms with Gasteiger partial charge >= 0.3 is 0 Å². The molecule has 0 spiro atoms. The Balaban J connectivity index is 2.75. The highest BCUT2D eigenvalue weighted by Crippen LogP contribution is 2.16. The SMILES string of the molecule is CC(C)OCc1c(N)cccc1F. The molecule has 0 aliphatic heterocycles. The summed E-state index contributed by atoms with van der Waals surface area (Å²) in [6, 6.07) is 4.64. The molecule has 1 aromatic carbocycles. The first-order chi connectivity index (χ1) is 6.11. The molecule has 2 nitrogen and oxygen atoms in total. The molecule has 0 aliphatic carbocycles. The summed E-state index contributed by atoms with van der Waals surface area (Å²) >= 11 is 0. The van der Waals surface area contributed by atoms with Crippen LogP contribution in [0.15, 0.2) is 18.2 Å². The van der Waals surface area contributed by atoms with Crippen LogP contribution in [0.2, 0.25) is 0 Å². The van der Waals surface area contributed by atoms with Crippen molar-refractivity contribution in [2.75, 3.05) is 5.73 Å². The molecule has 0 atom stereocenters. The van der Waals surface area contributed by atoms with Crippen LogP contribution >= 0.6 is 0 Å². The van der Waals surface area contributed by atoms with Crippen molar-refractivity contribution < 1.29 is 9.13 Å². The van der Waals surface area contributed by atoms with Crippen LogP contribution in [-0.2, 0) is 11.3 Å². The highest BCUT2D eigenvalue weighted by Gasteiger charge is 2.06. The molecule has 1 aromatic rings. The van der Waals surface area contributed by atoms with E-state index in [-0.39, 0.29) is 18.5 Å². The zero-order valence-corrected chi connectivity index (χ0v) is 7.88. The molecule has 0 fully saturated rings. The monoisotopic (exact) mass is 183 g/mol. The maximum atomic E-state index is 13.1. The third-order valence-corrected chi connectivity index (χ3v) is 1.72. The number of hydrogen-bond acceptors (Lipinski definition) is 2. The lowest BCUT2D eigenvalue weighted by molar-refractivity contribution is 0.0643. The largest absolute Gasteiger partial charge is 0.398 e. The van der Waals surface area contributed by atoms with Gasteiger partial charge in [-0.05, 0) is 26.0 Å². The number of rotatable bonds is 3. The van der Waals surface area contributed by atoms with E-state index in [4.69, 9.17) is 10.5 Å². The van der Waals surface area contributed by atoms with Gasteiger partial charge in [0, 0.05) is 11.3 Å². The molecule has 0 radical (unpaired) electrons. The van der Waals surface area contributed by atoms with Crippen LogP contribution < -0.4 is 5.73 Å². The molecular formula is C10H14FNO. The van der Waals surface area contributed by atoms with Gasteiger partial charge in [-0.15, -0.1) is 0 Å². The molecule has 13 heavy (non-hydrogen) atoms. The Morgan fingerprint density at radius 3 is 2.69 bits per heavy atom. The first-order valence-corrected chi connectivity index (χ1v) is 4.25. The molecule has 0 bridgehead atoms. The molecule has 0 aromatic heterocycles. The zero-order valence-electron chi connectivity index (χ0n) is 7.88. The second-order valence-corrected chi connectivity index (χ2v) is 3.17. The number of benzene rings is 1. The van der Waals surface area contributed by atoms with Gasteiger partial charge in [0.05, 0.1) is 12.7 Å². The molecule has 0 saturated carbocycles. The van der Waals surface area contributed by atoms with E-state index in [1.54, 1.807) is 12.1 Å². The third-order valence-electron chi connectivity index (χ3n) is 1.72.